The van der Waals surface area contributed by atoms with Crippen molar-refractivity contribution in [1.82, 2.24) is 0 Å². The van der Waals surface area contributed by atoms with Gasteiger partial charge in [-0.3, -0.25) is 9.44 Å². The van der Waals surface area contributed by atoms with Crippen LogP contribution in [0.4, 0.5) is 11.4 Å². The van der Waals surface area contributed by atoms with Crippen molar-refractivity contribution in [1.29, 1.82) is 0 Å². The van der Waals surface area contributed by atoms with Gasteiger partial charge in [0.05, 0.1) is 42.3 Å². The van der Waals surface area contributed by atoms with Crippen LogP contribution in [0.5, 0.6) is 5.75 Å². The van der Waals surface area contributed by atoms with Crippen LogP contribution in [-0.4, -0.2) is 43.3 Å². The van der Waals surface area contributed by atoms with E-state index in [2.05, 4.69) is 14.2 Å². The first kappa shape index (κ1) is 21.5. The van der Waals surface area contributed by atoms with Crippen LogP contribution in [-0.2, 0) is 24.8 Å². The Morgan fingerprint density at radius 3 is 2.21 bits per heavy atom. The molecule has 0 fully saturated rings. The van der Waals surface area contributed by atoms with E-state index in [-0.39, 0.29) is 27.6 Å². The third-order valence-corrected chi connectivity index (χ3v) is 5.76. The largest absolute Gasteiger partial charge is 0.495 e. The van der Waals surface area contributed by atoms with Gasteiger partial charge >= 0.3 is 5.97 Å². The van der Waals surface area contributed by atoms with Gasteiger partial charge in [0.1, 0.15) is 5.75 Å². The van der Waals surface area contributed by atoms with Gasteiger partial charge in [0.25, 0.3) is 10.0 Å². The zero-order valence-electron chi connectivity index (χ0n) is 15.6. The molecule has 0 aliphatic rings. The molecule has 2 N–H and O–H groups in total. The Morgan fingerprint density at radius 1 is 0.964 bits per heavy atom. The maximum atomic E-state index is 12.8. The summed E-state index contributed by atoms with van der Waals surface area (Å²) in [6, 6.07) is 8.29. The van der Waals surface area contributed by atoms with Crippen molar-refractivity contribution in [3.8, 4) is 5.75 Å². The van der Waals surface area contributed by atoms with Gasteiger partial charge in [0.15, 0.2) is 0 Å². The van der Waals surface area contributed by atoms with Gasteiger partial charge in [-0.15, -0.1) is 0 Å². The van der Waals surface area contributed by atoms with Crippen molar-refractivity contribution in [3.05, 3.63) is 47.5 Å². The zero-order valence-corrected chi connectivity index (χ0v) is 17.3. The molecule has 2 aromatic carbocycles. The number of hydrogen-bond donors (Lipinski definition) is 2. The molecular formula is C17H20N2O7S2. The highest BCUT2D eigenvalue weighted by Gasteiger charge is 2.20. The van der Waals surface area contributed by atoms with Crippen molar-refractivity contribution in [3.63, 3.8) is 0 Å². The normalized spacial score (nSPS) is 11.6. The number of hydrogen-bond acceptors (Lipinski definition) is 7. The molecule has 0 unspecified atom stereocenters. The fourth-order valence-electron chi connectivity index (χ4n) is 2.40. The number of carbonyl (C=O) groups excluding carboxylic acids is 1. The minimum atomic E-state index is -4.06. The molecule has 0 spiro atoms. The van der Waals surface area contributed by atoms with Gasteiger partial charge in [0, 0.05) is 0 Å². The quantitative estimate of drug-likeness (QED) is 0.645. The van der Waals surface area contributed by atoms with Crippen LogP contribution >= 0.6 is 0 Å². The minimum absolute atomic E-state index is 0.0743. The number of sulfonamides is 2. The SMILES string of the molecule is COC(=O)c1ccc(C)c(S(=O)(=O)Nc2ccc(OC)c(NS(C)(=O)=O)c2)c1. The lowest BCUT2D eigenvalue weighted by Crippen LogP contribution is -2.16. The molecule has 0 bridgehead atoms. The second-order valence-electron chi connectivity index (χ2n) is 5.87. The Morgan fingerprint density at radius 2 is 1.64 bits per heavy atom. The molecule has 11 heteroatoms. The second-order valence-corrected chi connectivity index (χ2v) is 9.27. The lowest BCUT2D eigenvalue weighted by atomic mass is 10.1. The molecule has 9 nitrogen and oxygen atoms in total. The van der Waals surface area contributed by atoms with E-state index in [1.165, 1.54) is 50.6 Å². The zero-order chi connectivity index (χ0) is 21.1. The summed E-state index contributed by atoms with van der Waals surface area (Å²) >= 11 is 0. The predicted molar refractivity (Wildman–Crippen MR) is 105 cm³/mol. The number of carbonyl (C=O) groups is 1. The Bertz CT molecular complexity index is 1110. The third kappa shape index (κ3) is 5.14. The molecular weight excluding hydrogens is 408 g/mol. The van der Waals surface area contributed by atoms with Crippen molar-refractivity contribution in [2.75, 3.05) is 29.9 Å². The highest BCUT2D eigenvalue weighted by Crippen LogP contribution is 2.30. The molecule has 0 aliphatic heterocycles. The maximum absolute atomic E-state index is 12.8. The lowest BCUT2D eigenvalue weighted by molar-refractivity contribution is 0.0600. The summed E-state index contributed by atoms with van der Waals surface area (Å²) in [6.45, 7) is 1.58. The van der Waals surface area contributed by atoms with E-state index in [1.807, 2.05) is 0 Å². The summed E-state index contributed by atoms with van der Waals surface area (Å²) in [7, 11) is -5.12. The minimum Gasteiger partial charge on any atom is -0.495 e. The topological polar surface area (TPSA) is 128 Å². The molecule has 0 saturated heterocycles. The smallest absolute Gasteiger partial charge is 0.337 e. The second kappa shape index (κ2) is 8.07. The summed E-state index contributed by atoms with van der Waals surface area (Å²) in [5.41, 5.74) is 0.686. The summed E-state index contributed by atoms with van der Waals surface area (Å²) in [5, 5.41) is 0. The molecule has 28 heavy (non-hydrogen) atoms. The number of anilines is 2. The molecule has 0 amide bonds. The summed E-state index contributed by atoms with van der Waals surface area (Å²) in [6.07, 6.45) is 0.963. The monoisotopic (exact) mass is 428 g/mol. The van der Waals surface area contributed by atoms with E-state index >= 15 is 0 Å². The van der Waals surface area contributed by atoms with Gasteiger partial charge in [0.2, 0.25) is 10.0 Å². The number of nitrogens with one attached hydrogen (secondary N) is 2. The van der Waals surface area contributed by atoms with Crippen LogP contribution < -0.4 is 14.2 Å². The summed E-state index contributed by atoms with van der Waals surface area (Å²) in [4.78, 5) is 11.6. The molecule has 0 heterocycles. The first-order chi connectivity index (χ1) is 13.0. The molecule has 0 aromatic heterocycles. The number of rotatable bonds is 7. The average molecular weight is 428 g/mol. The standard InChI is InChI=1S/C17H20N2O7S2/c1-11-5-6-12(17(20)26-3)9-16(11)28(23,24)18-13-7-8-15(25-2)14(10-13)19-27(4,21)22/h5-10,18-19H,1-4H3. The van der Waals surface area contributed by atoms with E-state index in [4.69, 9.17) is 4.74 Å². The van der Waals surface area contributed by atoms with Crippen LogP contribution in [0.25, 0.3) is 0 Å². The van der Waals surface area contributed by atoms with Gasteiger partial charge in [-0.25, -0.2) is 21.6 Å². The number of aryl methyl sites for hydroxylation is 1. The Kier molecular flexibility index (Phi) is 6.20. The highest BCUT2D eigenvalue weighted by molar-refractivity contribution is 7.92. The molecule has 0 radical (unpaired) electrons. The van der Waals surface area contributed by atoms with Gasteiger partial charge in [-0.2, -0.15) is 0 Å². The van der Waals surface area contributed by atoms with E-state index in [0.717, 1.165) is 6.26 Å². The molecule has 0 aliphatic carbocycles. The van der Waals surface area contributed by atoms with Crippen molar-refractivity contribution in [2.24, 2.45) is 0 Å². The van der Waals surface area contributed by atoms with Gasteiger partial charge in [-0.1, -0.05) is 6.07 Å². The average Bonchev–Trinajstić information content (AvgIpc) is 2.60. The van der Waals surface area contributed by atoms with Crippen LogP contribution in [0.2, 0.25) is 0 Å². The summed E-state index contributed by atoms with van der Waals surface area (Å²) < 4.78 is 63.0. The van der Waals surface area contributed by atoms with Crippen LogP contribution in [0.3, 0.4) is 0 Å². The van der Waals surface area contributed by atoms with E-state index in [9.17, 15) is 21.6 Å². The number of methoxy groups -OCH3 is 2. The molecule has 2 rings (SSSR count). The number of benzene rings is 2. The number of esters is 1. The summed E-state index contributed by atoms with van der Waals surface area (Å²) in [5.74, 6) is -0.447. The Labute approximate surface area is 163 Å². The third-order valence-electron chi connectivity index (χ3n) is 3.65. The highest BCUT2D eigenvalue weighted by atomic mass is 32.2. The van der Waals surface area contributed by atoms with Crippen molar-refractivity contribution < 1.29 is 31.1 Å². The Hall–Kier alpha value is -2.79. The molecule has 0 atom stereocenters. The van der Waals surface area contributed by atoms with E-state index in [1.54, 1.807) is 6.92 Å². The van der Waals surface area contributed by atoms with Crippen LogP contribution in [0.15, 0.2) is 41.3 Å². The molecule has 2 aromatic rings. The van der Waals surface area contributed by atoms with Gasteiger partial charge in [-0.05, 0) is 42.8 Å². The lowest BCUT2D eigenvalue weighted by Gasteiger charge is -2.14. The predicted octanol–water partition coefficient (Wildman–Crippen LogP) is 1.96. The maximum Gasteiger partial charge on any atom is 0.337 e. The fourth-order valence-corrected chi connectivity index (χ4v) is 4.28. The first-order valence-corrected chi connectivity index (χ1v) is 11.2. The molecule has 0 saturated carbocycles. The van der Waals surface area contributed by atoms with E-state index in [0.29, 0.717) is 5.56 Å². The van der Waals surface area contributed by atoms with Crippen molar-refractivity contribution >= 4 is 37.4 Å². The van der Waals surface area contributed by atoms with E-state index < -0.39 is 26.0 Å². The van der Waals surface area contributed by atoms with Crippen LogP contribution in [0.1, 0.15) is 15.9 Å². The van der Waals surface area contributed by atoms with Gasteiger partial charge < -0.3 is 9.47 Å². The Balaban J connectivity index is 2.44. The van der Waals surface area contributed by atoms with Crippen LogP contribution in [0, 0.1) is 6.92 Å². The number of ether oxygens (including phenoxy) is 2. The first-order valence-electron chi connectivity index (χ1n) is 7.84. The van der Waals surface area contributed by atoms with Crippen molar-refractivity contribution in [2.45, 2.75) is 11.8 Å². The molecule has 152 valence electrons. The fraction of sp³-hybridized carbons (Fsp3) is 0.235.